The summed E-state index contributed by atoms with van der Waals surface area (Å²) in [4.78, 5) is 31.1. The first kappa shape index (κ1) is 25.0. The van der Waals surface area contributed by atoms with Crippen molar-refractivity contribution < 1.29 is 14.3 Å². The average molecular weight is 506 g/mol. The van der Waals surface area contributed by atoms with Crippen molar-refractivity contribution in [2.75, 3.05) is 18.2 Å². The number of rotatable bonds is 8. The number of nitriles is 1. The van der Waals surface area contributed by atoms with E-state index in [9.17, 15) is 14.9 Å². The second-order valence-electron chi connectivity index (χ2n) is 8.77. The molecule has 6 nitrogen and oxygen atoms in total. The molecular formula is C27H27N3O3S2. The van der Waals surface area contributed by atoms with Crippen LogP contribution in [-0.4, -0.2) is 29.7 Å². The van der Waals surface area contributed by atoms with Gasteiger partial charge in [0.15, 0.2) is 0 Å². The van der Waals surface area contributed by atoms with Crippen molar-refractivity contribution in [1.82, 2.24) is 4.98 Å². The first-order valence-corrected chi connectivity index (χ1v) is 13.4. The molecule has 1 amide bonds. The monoisotopic (exact) mass is 505 g/mol. The number of esters is 1. The molecule has 8 heteroatoms. The molecule has 0 saturated carbocycles. The van der Waals surface area contributed by atoms with Crippen molar-refractivity contribution in [2.24, 2.45) is 5.92 Å². The van der Waals surface area contributed by atoms with Gasteiger partial charge in [-0.25, -0.2) is 9.78 Å². The summed E-state index contributed by atoms with van der Waals surface area (Å²) in [5, 5.41) is 13.6. The lowest BCUT2D eigenvalue weighted by atomic mass is 9.89. The maximum Gasteiger partial charge on any atom is 0.341 e. The number of pyridine rings is 1. The number of thioether (sulfide) groups is 1. The number of aromatic nitrogens is 1. The summed E-state index contributed by atoms with van der Waals surface area (Å²) in [5.74, 6) is 0.314. The zero-order valence-electron chi connectivity index (χ0n) is 20.0. The second-order valence-corrected chi connectivity index (χ2v) is 10.9. The van der Waals surface area contributed by atoms with Gasteiger partial charge < -0.3 is 10.1 Å². The van der Waals surface area contributed by atoms with E-state index in [-0.39, 0.29) is 12.3 Å². The predicted molar refractivity (Wildman–Crippen MR) is 140 cm³/mol. The van der Waals surface area contributed by atoms with Crippen LogP contribution in [0.2, 0.25) is 0 Å². The number of hydrogen-bond donors (Lipinski definition) is 1. The van der Waals surface area contributed by atoms with Crippen LogP contribution in [0, 0.1) is 17.2 Å². The number of fused-ring (bicyclic) bond motifs is 3. The van der Waals surface area contributed by atoms with Crippen LogP contribution in [0.25, 0.3) is 10.4 Å². The van der Waals surface area contributed by atoms with Crippen LogP contribution in [0.1, 0.15) is 53.0 Å². The fourth-order valence-corrected chi connectivity index (χ4v) is 6.43. The van der Waals surface area contributed by atoms with E-state index in [1.165, 1.54) is 35.8 Å². The Balaban J connectivity index is 1.48. The Bertz CT molecular complexity index is 1310. The number of hydrogen-bond acceptors (Lipinski definition) is 7. The summed E-state index contributed by atoms with van der Waals surface area (Å²) in [6, 6.07) is 14.0. The number of aryl methyl sites for hydroxylation is 1. The fourth-order valence-electron chi connectivity index (χ4n) is 4.18. The molecule has 1 aliphatic rings. The molecule has 1 aliphatic carbocycles. The van der Waals surface area contributed by atoms with Gasteiger partial charge in [-0.05, 0) is 54.0 Å². The largest absolute Gasteiger partial charge is 0.465 e. The van der Waals surface area contributed by atoms with Gasteiger partial charge in [-0.1, -0.05) is 38.1 Å². The van der Waals surface area contributed by atoms with Crippen molar-refractivity contribution in [2.45, 2.75) is 44.6 Å². The van der Waals surface area contributed by atoms with E-state index in [0.717, 1.165) is 41.0 Å². The summed E-state index contributed by atoms with van der Waals surface area (Å²) >= 11 is 2.83. The maximum absolute atomic E-state index is 12.8. The number of nitrogens with zero attached hydrogens (tertiary/aromatic N) is 2. The highest BCUT2D eigenvalue weighted by Crippen LogP contribution is 2.45. The minimum absolute atomic E-state index is 0.189. The minimum atomic E-state index is -0.434. The SMILES string of the molecule is COC(=O)c1c(NC(=O)CCSc2nc(CC(C)C)ccc2C#N)sc2c1CCc1ccccc1-2. The quantitative estimate of drug-likeness (QED) is 0.303. The van der Waals surface area contributed by atoms with Gasteiger partial charge in [0.25, 0.3) is 0 Å². The molecule has 0 radical (unpaired) electrons. The molecule has 2 heterocycles. The summed E-state index contributed by atoms with van der Waals surface area (Å²) in [7, 11) is 1.36. The third-order valence-electron chi connectivity index (χ3n) is 5.78. The van der Waals surface area contributed by atoms with Gasteiger partial charge in [0.1, 0.15) is 16.1 Å². The number of methoxy groups -OCH3 is 1. The van der Waals surface area contributed by atoms with E-state index in [1.807, 2.05) is 18.2 Å². The minimum Gasteiger partial charge on any atom is -0.465 e. The zero-order valence-corrected chi connectivity index (χ0v) is 21.6. The molecular weight excluding hydrogens is 478 g/mol. The number of benzene rings is 1. The van der Waals surface area contributed by atoms with Crippen LogP contribution in [0.15, 0.2) is 41.4 Å². The Labute approximate surface area is 213 Å². The molecule has 2 aromatic heterocycles. The van der Waals surface area contributed by atoms with E-state index in [1.54, 1.807) is 6.07 Å². The zero-order chi connectivity index (χ0) is 24.9. The summed E-state index contributed by atoms with van der Waals surface area (Å²) in [6.07, 6.45) is 2.64. The first-order valence-electron chi connectivity index (χ1n) is 11.6. The van der Waals surface area contributed by atoms with E-state index >= 15 is 0 Å². The van der Waals surface area contributed by atoms with Gasteiger partial charge in [0, 0.05) is 22.7 Å². The normalized spacial score (nSPS) is 12.0. The number of anilines is 1. The standard InChI is InChI=1S/C27H27N3O3S2/c1-16(2)14-19-10-8-18(15-28)25(29-19)34-13-12-22(31)30-26-23(27(32)33-3)21-11-9-17-6-4-5-7-20(17)24(21)35-26/h4-8,10,16H,9,11-14H2,1-3H3,(H,30,31). The maximum atomic E-state index is 12.8. The van der Waals surface area contributed by atoms with Crippen molar-refractivity contribution in [3.05, 3.63) is 64.3 Å². The summed E-state index contributed by atoms with van der Waals surface area (Å²) < 4.78 is 5.05. The van der Waals surface area contributed by atoms with Gasteiger partial charge in [-0.3, -0.25) is 4.79 Å². The summed E-state index contributed by atoms with van der Waals surface area (Å²) in [5.41, 5.74) is 5.20. The van der Waals surface area contributed by atoms with E-state index in [2.05, 4.69) is 42.4 Å². The second kappa shape index (κ2) is 11.1. The third kappa shape index (κ3) is 5.58. The average Bonchev–Trinajstić information content (AvgIpc) is 3.21. The molecule has 1 N–H and O–H groups in total. The fraction of sp³-hybridized carbons (Fsp3) is 0.333. The van der Waals surface area contributed by atoms with Gasteiger partial charge in [0.05, 0.1) is 18.2 Å². The molecule has 180 valence electrons. The van der Waals surface area contributed by atoms with Crippen LogP contribution in [0.3, 0.4) is 0 Å². The van der Waals surface area contributed by atoms with Crippen LogP contribution in [-0.2, 0) is 28.8 Å². The van der Waals surface area contributed by atoms with E-state index < -0.39 is 5.97 Å². The van der Waals surface area contributed by atoms with Crippen LogP contribution in [0.4, 0.5) is 5.00 Å². The molecule has 0 atom stereocenters. The summed E-state index contributed by atoms with van der Waals surface area (Å²) in [6.45, 7) is 4.25. The molecule has 1 aromatic carbocycles. The van der Waals surface area contributed by atoms with Gasteiger partial charge in [0.2, 0.25) is 5.91 Å². The lowest BCUT2D eigenvalue weighted by Crippen LogP contribution is -2.15. The Kier molecular flexibility index (Phi) is 7.89. The van der Waals surface area contributed by atoms with Gasteiger partial charge in [-0.15, -0.1) is 23.1 Å². The van der Waals surface area contributed by atoms with Gasteiger partial charge >= 0.3 is 5.97 Å². The van der Waals surface area contributed by atoms with Crippen molar-refractivity contribution >= 4 is 40.0 Å². The van der Waals surface area contributed by atoms with E-state index in [0.29, 0.717) is 32.8 Å². The molecule has 0 unspecified atom stereocenters. The molecule has 0 bridgehead atoms. The van der Waals surface area contributed by atoms with Crippen LogP contribution in [0.5, 0.6) is 0 Å². The van der Waals surface area contributed by atoms with Gasteiger partial charge in [-0.2, -0.15) is 5.26 Å². The molecule has 0 fully saturated rings. The Morgan fingerprint density at radius 3 is 2.77 bits per heavy atom. The number of carbonyl (C=O) groups is 2. The highest BCUT2D eigenvalue weighted by molar-refractivity contribution is 7.99. The van der Waals surface area contributed by atoms with Crippen molar-refractivity contribution in [3.8, 4) is 16.5 Å². The Morgan fingerprint density at radius 1 is 1.23 bits per heavy atom. The topological polar surface area (TPSA) is 92.1 Å². The van der Waals surface area contributed by atoms with E-state index in [4.69, 9.17) is 4.74 Å². The van der Waals surface area contributed by atoms with Crippen LogP contribution >= 0.6 is 23.1 Å². The number of carbonyl (C=O) groups excluding carboxylic acids is 2. The predicted octanol–water partition coefficient (Wildman–Crippen LogP) is 5.89. The number of amides is 1. The first-order chi connectivity index (χ1) is 16.9. The molecule has 0 saturated heterocycles. The van der Waals surface area contributed by atoms with Crippen molar-refractivity contribution in [3.63, 3.8) is 0 Å². The highest BCUT2D eigenvalue weighted by atomic mass is 32.2. The van der Waals surface area contributed by atoms with Crippen LogP contribution < -0.4 is 5.32 Å². The van der Waals surface area contributed by atoms with Crippen molar-refractivity contribution in [1.29, 1.82) is 5.26 Å². The molecule has 3 aromatic rings. The molecule has 4 rings (SSSR count). The smallest absolute Gasteiger partial charge is 0.341 e. The molecule has 0 aliphatic heterocycles. The highest BCUT2D eigenvalue weighted by Gasteiger charge is 2.29. The molecule has 0 spiro atoms. The number of nitrogens with one attached hydrogen (secondary N) is 1. The Morgan fingerprint density at radius 2 is 2.03 bits per heavy atom. The number of thiophene rings is 1. The lowest BCUT2D eigenvalue weighted by Gasteiger charge is -2.16. The third-order valence-corrected chi connectivity index (χ3v) is 7.95. The number of ether oxygens (including phenoxy) is 1. The molecule has 35 heavy (non-hydrogen) atoms. The Hall–Kier alpha value is -3.15. The lowest BCUT2D eigenvalue weighted by molar-refractivity contribution is -0.115.